The number of aliphatic carboxylic acids is 1. The van der Waals surface area contributed by atoms with Gasteiger partial charge >= 0.3 is 5.97 Å². The molecule has 0 aliphatic heterocycles. The Bertz CT molecular complexity index is 544. The molecule has 0 aliphatic carbocycles. The number of carbonyl (C=O) groups is 1. The van der Waals surface area contributed by atoms with Crippen LogP contribution in [0.1, 0.15) is 0 Å². The summed E-state index contributed by atoms with van der Waals surface area (Å²) in [6, 6.07) is 5.03. The Balaban J connectivity index is 3.11. The van der Waals surface area contributed by atoms with Crippen LogP contribution >= 0.6 is 0 Å². The minimum atomic E-state index is -3.66. The molecule has 1 unspecified atom stereocenters. The molecule has 0 saturated carbocycles. The average Bonchev–Trinajstić information content (AvgIpc) is 2.38. The van der Waals surface area contributed by atoms with Crippen LogP contribution in [0.5, 0.6) is 0 Å². The van der Waals surface area contributed by atoms with E-state index in [1.54, 1.807) is 12.1 Å². The summed E-state index contributed by atoms with van der Waals surface area (Å²) in [5.41, 5.74) is 0.210. The fraction of sp³-hybridized carbons (Fsp3) is 0.364. The predicted octanol–water partition coefficient (Wildman–Crippen LogP) is 0.106. The van der Waals surface area contributed by atoms with E-state index in [9.17, 15) is 13.2 Å². The molecule has 7 nitrogen and oxygen atoms in total. The van der Waals surface area contributed by atoms with Gasteiger partial charge in [-0.1, -0.05) is 12.1 Å². The van der Waals surface area contributed by atoms with Crippen molar-refractivity contribution in [2.75, 3.05) is 26.1 Å². The number of carboxylic acid groups (broad SMARTS) is 1. The Hall–Kier alpha value is -1.64. The Morgan fingerprint density at radius 3 is 2.58 bits per heavy atom. The van der Waals surface area contributed by atoms with Gasteiger partial charge in [0.05, 0.1) is 12.3 Å². The zero-order valence-corrected chi connectivity index (χ0v) is 11.4. The number of hydrogen-bond acceptors (Lipinski definition) is 5. The molecule has 0 heterocycles. The fourth-order valence-electron chi connectivity index (χ4n) is 1.46. The van der Waals surface area contributed by atoms with Gasteiger partial charge in [-0.25, -0.2) is 17.9 Å². The molecule has 19 heavy (non-hydrogen) atoms. The summed E-state index contributed by atoms with van der Waals surface area (Å²) in [5, 5.41) is 11.7. The molecule has 1 aromatic rings. The van der Waals surface area contributed by atoms with Gasteiger partial charge in [-0.2, -0.15) is 0 Å². The third-order valence-electron chi connectivity index (χ3n) is 2.41. The standard InChI is InChI=1S/C11H16N2O5S/c1-12-19(16,17)10-6-4-3-5-8(10)13-9(7-18-2)11(14)15/h3-6,9,12-13H,7H2,1-2H3,(H,14,15). The summed E-state index contributed by atoms with van der Waals surface area (Å²) in [6.07, 6.45) is 0. The van der Waals surface area contributed by atoms with Crippen LogP contribution in [-0.2, 0) is 19.6 Å². The SMILES string of the molecule is CNS(=O)(=O)c1ccccc1NC(COC)C(=O)O. The second-order valence-electron chi connectivity index (χ2n) is 3.69. The van der Waals surface area contributed by atoms with Crippen LogP contribution in [0, 0.1) is 0 Å². The first-order valence-electron chi connectivity index (χ1n) is 5.43. The monoisotopic (exact) mass is 288 g/mol. The van der Waals surface area contributed by atoms with E-state index < -0.39 is 22.0 Å². The maximum absolute atomic E-state index is 11.8. The highest BCUT2D eigenvalue weighted by molar-refractivity contribution is 7.89. The number of nitrogens with one attached hydrogen (secondary N) is 2. The van der Waals surface area contributed by atoms with Crippen LogP contribution in [0.3, 0.4) is 0 Å². The van der Waals surface area contributed by atoms with Crippen molar-refractivity contribution in [3.8, 4) is 0 Å². The molecule has 0 aromatic heterocycles. The molecule has 0 spiro atoms. The van der Waals surface area contributed by atoms with Gasteiger partial charge in [0.15, 0.2) is 0 Å². The summed E-state index contributed by atoms with van der Waals surface area (Å²) in [5.74, 6) is -1.13. The van der Waals surface area contributed by atoms with Gasteiger partial charge in [0.25, 0.3) is 0 Å². The molecule has 0 saturated heterocycles. The van der Waals surface area contributed by atoms with E-state index in [0.717, 1.165) is 0 Å². The van der Waals surface area contributed by atoms with Crippen LogP contribution in [0.2, 0.25) is 0 Å². The van der Waals surface area contributed by atoms with E-state index in [1.807, 2.05) is 0 Å². The topological polar surface area (TPSA) is 105 Å². The number of hydrogen-bond donors (Lipinski definition) is 3. The molecule has 1 atom stereocenters. The number of sulfonamides is 1. The van der Waals surface area contributed by atoms with E-state index in [4.69, 9.17) is 9.84 Å². The van der Waals surface area contributed by atoms with Crippen LogP contribution in [0.25, 0.3) is 0 Å². The molecule has 1 aromatic carbocycles. The lowest BCUT2D eigenvalue weighted by Crippen LogP contribution is -2.34. The molecule has 0 fully saturated rings. The molecule has 3 N–H and O–H groups in total. The molecule has 1 rings (SSSR count). The minimum Gasteiger partial charge on any atom is -0.480 e. The zero-order valence-electron chi connectivity index (χ0n) is 10.6. The second-order valence-corrected chi connectivity index (χ2v) is 5.55. The Kier molecular flexibility index (Phi) is 5.28. The first-order valence-corrected chi connectivity index (χ1v) is 6.91. The molecule has 0 amide bonds. The molecule has 0 aliphatic rings. The van der Waals surface area contributed by atoms with Gasteiger partial charge in [0.2, 0.25) is 10.0 Å². The normalized spacial score (nSPS) is 12.9. The van der Waals surface area contributed by atoms with E-state index in [2.05, 4.69) is 10.0 Å². The van der Waals surface area contributed by atoms with Crippen molar-refractivity contribution >= 4 is 21.7 Å². The summed E-state index contributed by atoms with van der Waals surface area (Å²) in [4.78, 5) is 11.0. The number of ether oxygens (including phenoxy) is 1. The quantitative estimate of drug-likeness (QED) is 0.657. The molecular formula is C11H16N2O5S. The van der Waals surface area contributed by atoms with Gasteiger partial charge in [0, 0.05) is 7.11 Å². The van der Waals surface area contributed by atoms with E-state index in [0.29, 0.717) is 0 Å². The fourth-order valence-corrected chi connectivity index (χ4v) is 2.35. The van der Waals surface area contributed by atoms with Crippen LogP contribution < -0.4 is 10.0 Å². The lowest BCUT2D eigenvalue weighted by atomic mass is 10.2. The summed E-state index contributed by atoms with van der Waals surface area (Å²) < 4.78 is 30.6. The highest BCUT2D eigenvalue weighted by Gasteiger charge is 2.22. The Labute approximate surface area is 111 Å². The highest BCUT2D eigenvalue weighted by atomic mass is 32.2. The number of para-hydroxylation sites is 1. The van der Waals surface area contributed by atoms with Gasteiger partial charge in [0.1, 0.15) is 10.9 Å². The van der Waals surface area contributed by atoms with Crippen molar-refractivity contribution in [1.82, 2.24) is 4.72 Å². The maximum Gasteiger partial charge on any atom is 0.328 e. The zero-order chi connectivity index (χ0) is 14.5. The predicted molar refractivity (Wildman–Crippen MR) is 69.6 cm³/mol. The summed E-state index contributed by atoms with van der Waals surface area (Å²) in [7, 11) is -1.00. The van der Waals surface area contributed by atoms with Crippen molar-refractivity contribution < 1.29 is 23.1 Å². The smallest absolute Gasteiger partial charge is 0.328 e. The third kappa shape index (κ3) is 3.91. The minimum absolute atomic E-state index is 0.0140. The number of carboxylic acids is 1. The summed E-state index contributed by atoms with van der Waals surface area (Å²) in [6.45, 7) is -0.0801. The molecule has 8 heteroatoms. The van der Waals surface area contributed by atoms with Crippen molar-refractivity contribution in [2.45, 2.75) is 10.9 Å². The van der Waals surface area contributed by atoms with Crippen LogP contribution in [0.4, 0.5) is 5.69 Å². The number of anilines is 1. The second kappa shape index (κ2) is 6.50. The van der Waals surface area contributed by atoms with Crippen LogP contribution in [0.15, 0.2) is 29.2 Å². The van der Waals surface area contributed by atoms with Crippen molar-refractivity contribution in [3.05, 3.63) is 24.3 Å². The first-order chi connectivity index (χ1) is 8.92. The maximum atomic E-state index is 11.8. The van der Waals surface area contributed by atoms with Gasteiger partial charge in [-0.05, 0) is 19.2 Å². The third-order valence-corrected chi connectivity index (χ3v) is 3.88. The van der Waals surface area contributed by atoms with E-state index in [-0.39, 0.29) is 17.2 Å². The van der Waals surface area contributed by atoms with Crippen molar-refractivity contribution in [2.24, 2.45) is 0 Å². The molecule has 0 bridgehead atoms. The number of benzene rings is 1. The van der Waals surface area contributed by atoms with Crippen molar-refractivity contribution in [1.29, 1.82) is 0 Å². The van der Waals surface area contributed by atoms with E-state index in [1.165, 1.54) is 26.3 Å². The first kappa shape index (κ1) is 15.4. The van der Waals surface area contributed by atoms with Gasteiger partial charge < -0.3 is 15.2 Å². The van der Waals surface area contributed by atoms with Crippen molar-refractivity contribution in [3.63, 3.8) is 0 Å². The number of rotatable bonds is 7. The van der Waals surface area contributed by atoms with Crippen LogP contribution in [-0.4, -0.2) is 46.3 Å². The highest BCUT2D eigenvalue weighted by Crippen LogP contribution is 2.21. The lowest BCUT2D eigenvalue weighted by molar-refractivity contribution is -0.139. The van der Waals surface area contributed by atoms with Gasteiger partial charge in [-0.15, -0.1) is 0 Å². The molecule has 106 valence electrons. The lowest BCUT2D eigenvalue weighted by Gasteiger charge is -2.17. The Morgan fingerprint density at radius 1 is 1.42 bits per heavy atom. The van der Waals surface area contributed by atoms with Gasteiger partial charge in [-0.3, -0.25) is 0 Å². The largest absolute Gasteiger partial charge is 0.480 e. The van der Waals surface area contributed by atoms with E-state index >= 15 is 0 Å². The molecule has 0 radical (unpaired) electrons. The molecular weight excluding hydrogens is 272 g/mol. The number of methoxy groups -OCH3 is 1. The Morgan fingerprint density at radius 2 is 2.05 bits per heavy atom. The summed E-state index contributed by atoms with van der Waals surface area (Å²) >= 11 is 0. The average molecular weight is 288 g/mol.